The minimum absolute atomic E-state index is 0.109. The Bertz CT molecular complexity index is 898. The molecule has 1 aromatic carbocycles. The first-order valence-corrected chi connectivity index (χ1v) is 8.72. The summed E-state index contributed by atoms with van der Waals surface area (Å²) in [4.78, 5) is 8.63. The Kier molecular flexibility index (Phi) is 4.58. The van der Waals surface area contributed by atoms with Gasteiger partial charge in [-0.3, -0.25) is 9.97 Å². The van der Waals surface area contributed by atoms with Crippen LogP contribution in [0.3, 0.4) is 0 Å². The summed E-state index contributed by atoms with van der Waals surface area (Å²) in [7, 11) is 0. The van der Waals surface area contributed by atoms with Gasteiger partial charge in [0.1, 0.15) is 11.4 Å². The quantitative estimate of drug-likeness (QED) is 0.701. The van der Waals surface area contributed by atoms with Gasteiger partial charge in [-0.2, -0.15) is 8.78 Å². The molecule has 4 rings (SSSR count). The van der Waals surface area contributed by atoms with Crippen molar-refractivity contribution in [2.24, 2.45) is 5.92 Å². The van der Waals surface area contributed by atoms with E-state index in [2.05, 4.69) is 14.7 Å². The molecule has 0 saturated heterocycles. The topological polar surface area (TPSA) is 55.2 Å². The van der Waals surface area contributed by atoms with E-state index < -0.39 is 12.2 Å². The zero-order chi connectivity index (χ0) is 18.9. The molecule has 1 atom stereocenters. The molecule has 4 nitrogen and oxygen atoms in total. The van der Waals surface area contributed by atoms with Crippen LogP contribution in [0, 0.1) is 5.92 Å². The second-order valence-corrected chi connectivity index (χ2v) is 6.62. The summed E-state index contributed by atoms with van der Waals surface area (Å²) >= 11 is 0. The van der Waals surface area contributed by atoms with Crippen LogP contribution >= 0.6 is 0 Å². The van der Waals surface area contributed by atoms with Crippen LogP contribution in [-0.4, -0.2) is 21.7 Å². The Balaban J connectivity index is 1.61. The molecule has 1 aliphatic rings. The van der Waals surface area contributed by atoms with Crippen molar-refractivity contribution in [3.63, 3.8) is 0 Å². The Morgan fingerprint density at radius 1 is 1.00 bits per heavy atom. The van der Waals surface area contributed by atoms with Crippen LogP contribution < -0.4 is 4.74 Å². The van der Waals surface area contributed by atoms with Gasteiger partial charge in [0.05, 0.1) is 5.69 Å². The Morgan fingerprint density at radius 3 is 2.30 bits per heavy atom. The van der Waals surface area contributed by atoms with E-state index in [-0.39, 0.29) is 11.7 Å². The summed E-state index contributed by atoms with van der Waals surface area (Å²) in [5, 5.41) is 11.4. The number of benzene rings is 1. The number of ether oxygens (including phenoxy) is 1. The molecular formula is C21H18F2N2O2. The van der Waals surface area contributed by atoms with Gasteiger partial charge >= 0.3 is 6.61 Å². The fraction of sp³-hybridized carbons (Fsp3) is 0.238. The largest absolute Gasteiger partial charge is 0.435 e. The Morgan fingerprint density at radius 2 is 1.74 bits per heavy atom. The van der Waals surface area contributed by atoms with Gasteiger partial charge in [0.15, 0.2) is 0 Å². The first kappa shape index (κ1) is 17.5. The third-order valence-electron chi connectivity index (χ3n) is 4.84. The van der Waals surface area contributed by atoms with Crippen molar-refractivity contribution in [2.75, 3.05) is 0 Å². The summed E-state index contributed by atoms with van der Waals surface area (Å²) in [6.07, 6.45) is 6.92. The molecule has 0 spiro atoms. The van der Waals surface area contributed by atoms with Gasteiger partial charge in [-0.05, 0) is 48.6 Å². The molecule has 6 heteroatoms. The molecular weight excluding hydrogens is 350 g/mol. The van der Waals surface area contributed by atoms with Gasteiger partial charge in [-0.25, -0.2) is 0 Å². The number of pyridine rings is 2. The molecule has 1 unspecified atom stereocenters. The number of alkyl halides is 2. The molecule has 0 aliphatic heterocycles. The van der Waals surface area contributed by atoms with E-state index in [0.29, 0.717) is 5.69 Å². The number of aromatic nitrogens is 2. The second kappa shape index (κ2) is 7.04. The summed E-state index contributed by atoms with van der Waals surface area (Å²) in [6.45, 7) is -2.84. The minimum Gasteiger partial charge on any atom is -0.435 e. The van der Waals surface area contributed by atoms with Crippen molar-refractivity contribution in [3.8, 4) is 16.9 Å². The monoisotopic (exact) mass is 368 g/mol. The highest BCUT2D eigenvalue weighted by Gasteiger charge is 2.47. The number of hydrogen-bond donors (Lipinski definition) is 1. The Labute approximate surface area is 155 Å². The SMILES string of the molecule is OC(c1cccnc1)(c1ccc(-c2ccc(OC(F)F)cc2)cn1)C1CC1. The summed E-state index contributed by atoms with van der Waals surface area (Å²) in [6, 6.07) is 13.7. The van der Waals surface area contributed by atoms with Crippen LogP contribution in [0.25, 0.3) is 11.1 Å². The van der Waals surface area contributed by atoms with E-state index in [4.69, 9.17) is 0 Å². The van der Waals surface area contributed by atoms with Crippen molar-refractivity contribution in [1.29, 1.82) is 0 Å². The van der Waals surface area contributed by atoms with Crippen LogP contribution in [0.15, 0.2) is 67.1 Å². The van der Waals surface area contributed by atoms with E-state index >= 15 is 0 Å². The lowest BCUT2D eigenvalue weighted by Gasteiger charge is -2.28. The lowest BCUT2D eigenvalue weighted by atomic mass is 9.86. The van der Waals surface area contributed by atoms with E-state index in [1.807, 2.05) is 18.2 Å². The van der Waals surface area contributed by atoms with Gasteiger partial charge in [-0.1, -0.05) is 24.3 Å². The van der Waals surface area contributed by atoms with Crippen molar-refractivity contribution in [1.82, 2.24) is 9.97 Å². The van der Waals surface area contributed by atoms with Gasteiger partial charge in [-0.15, -0.1) is 0 Å². The maximum Gasteiger partial charge on any atom is 0.387 e. The molecule has 1 saturated carbocycles. The first-order valence-electron chi connectivity index (χ1n) is 8.72. The molecule has 1 aliphatic carbocycles. The highest BCUT2D eigenvalue weighted by Crippen LogP contribution is 2.49. The lowest BCUT2D eigenvalue weighted by Crippen LogP contribution is -2.31. The van der Waals surface area contributed by atoms with Gasteiger partial charge in [0.2, 0.25) is 0 Å². The van der Waals surface area contributed by atoms with Crippen molar-refractivity contribution in [3.05, 3.63) is 78.4 Å². The van der Waals surface area contributed by atoms with Gasteiger partial charge < -0.3 is 9.84 Å². The standard InChI is InChI=1S/C21H18F2N2O2/c22-20(23)27-18-8-3-14(4-9-18)15-5-10-19(25-12-15)21(26,16-6-7-16)17-2-1-11-24-13-17/h1-5,8-13,16,20,26H,6-7H2. The average Bonchev–Trinajstić information content (AvgIpc) is 3.54. The van der Waals surface area contributed by atoms with E-state index in [1.54, 1.807) is 36.8 Å². The average molecular weight is 368 g/mol. The molecule has 2 heterocycles. The molecule has 27 heavy (non-hydrogen) atoms. The minimum atomic E-state index is -2.84. The molecule has 1 fully saturated rings. The predicted octanol–water partition coefficient (Wildman–Crippen LogP) is 4.39. The first-order chi connectivity index (χ1) is 13.1. The van der Waals surface area contributed by atoms with Crippen LogP contribution in [0.1, 0.15) is 24.1 Å². The van der Waals surface area contributed by atoms with Gasteiger partial charge in [0, 0.05) is 29.7 Å². The maximum atomic E-state index is 12.3. The molecule has 1 N–H and O–H groups in total. The third kappa shape index (κ3) is 3.53. The number of aliphatic hydroxyl groups is 1. The lowest BCUT2D eigenvalue weighted by molar-refractivity contribution is -0.0498. The van der Waals surface area contributed by atoms with Crippen molar-refractivity contribution < 1.29 is 18.6 Å². The molecule has 0 radical (unpaired) electrons. The second-order valence-electron chi connectivity index (χ2n) is 6.62. The fourth-order valence-electron chi connectivity index (χ4n) is 3.30. The number of hydrogen-bond acceptors (Lipinski definition) is 4. The van der Waals surface area contributed by atoms with Crippen LogP contribution in [0.5, 0.6) is 5.75 Å². The van der Waals surface area contributed by atoms with Crippen LogP contribution in [0.2, 0.25) is 0 Å². The summed E-state index contributed by atoms with van der Waals surface area (Å²) < 4.78 is 28.9. The van der Waals surface area contributed by atoms with Crippen molar-refractivity contribution in [2.45, 2.75) is 25.1 Å². The maximum absolute atomic E-state index is 12.3. The molecule has 0 bridgehead atoms. The molecule has 0 amide bonds. The fourth-order valence-corrected chi connectivity index (χ4v) is 3.30. The van der Waals surface area contributed by atoms with Crippen molar-refractivity contribution >= 4 is 0 Å². The molecule has 2 aromatic heterocycles. The van der Waals surface area contributed by atoms with Crippen LogP contribution in [0.4, 0.5) is 8.78 Å². The zero-order valence-electron chi connectivity index (χ0n) is 14.4. The number of rotatable bonds is 6. The highest BCUT2D eigenvalue weighted by atomic mass is 19.3. The predicted molar refractivity (Wildman–Crippen MR) is 96.3 cm³/mol. The highest BCUT2D eigenvalue weighted by molar-refractivity contribution is 5.63. The van der Waals surface area contributed by atoms with Gasteiger partial charge in [0.25, 0.3) is 0 Å². The smallest absolute Gasteiger partial charge is 0.387 e. The number of nitrogens with zero attached hydrogens (tertiary/aromatic N) is 2. The zero-order valence-corrected chi connectivity index (χ0v) is 14.4. The van der Waals surface area contributed by atoms with E-state index in [0.717, 1.165) is 29.5 Å². The van der Waals surface area contributed by atoms with E-state index in [1.165, 1.54) is 12.1 Å². The van der Waals surface area contributed by atoms with Crippen LogP contribution in [-0.2, 0) is 5.60 Å². The Hall–Kier alpha value is -2.86. The third-order valence-corrected chi connectivity index (χ3v) is 4.84. The molecule has 138 valence electrons. The molecule has 3 aromatic rings. The van der Waals surface area contributed by atoms with E-state index in [9.17, 15) is 13.9 Å². The summed E-state index contributed by atoms with van der Waals surface area (Å²) in [5.41, 5.74) is 1.82. The normalized spacial score (nSPS) is 16.1. The number of halogens is 2. The summed E-state index contributed by atoms with van der Waals surface area (Å²) in [5.74, 6) is 0.240.